The molecule has 1 heterocycles. The first-order valence-corrected chi connectivity index (χ1v) is 7.32. The van der Waals surface area contributed by atoms with Crippen molar-refractivity contribution < 1.29 is 9.90 Å². The number of aliphatic hydroxyl groups excluding tert-OH is 1. The highest BCUT2D eigenvalue weighted by Crippen LogP contribution is 2.15. The third-order valence-electron chi connectivity index (χ3n) is 3.59. The van der Waals surface area contributed by atoms with Gasteiger partial charge >= 0.3 is 0 Å². The normalized spacial score (nSPS) is 11.9. The summed E-state index contributed by atoms with van der Waals surface area (Å²) in [6, 6.07) is 16.6. The van der Waals surface area contributed by atoms with E-state index in [2.05, 4.69) is 10.3 Å². The van der Waals surface area contributed by atoms with Crippen LogP contribution in [0.3, 0.4) is 0 Å². The van der Waals surface area contributed by atoms with Crippen LogP contribution in [0.1, 0.15) is 17.2 Å². The molecule has 0 saturated heterocycles. The van der Waals surface area contributed by atoms with E-state index in [0.29, 0.717) is 12.1 Å². The maximum absolute atomic E-state index is 12.1. The molecule has 1 amide bonds. The van der Waals surface area contributed by atoms with E-state index in [4.69, 9.17) is 0 Å². The molecule has 0 fully saturated rings. The number of carbonyl (C=O) groups is 1. The second kappa shape index (κ2) is 6.89. The molecular weight excluding hydrogens is 290 g/mol. The van der Waals surface area contributed by atoms with Crippen molar-refractivity contribution >= 4 is 5.91 Å². The van der Waals surface area contributed by atoms with Crippen molar-refractivity contribution in [2.45, 2.75) is 12.6 Å². The highest BCUT2D eigenvalue weighted by atomic mass is 16.3. The molecule has 3 aromatic rings. The van der Waals surface area contributed by atoms with Crippen LogP contribution < -0.4 is 5.32 Å². The third-order valence-corrected chi connectivity index (χ3v) is 3.59. The largest absolute Gasteiger partial charge is 0.378 e. The number of hydrogen-bond acceptors (Lipinski definition) is 3. The lowest BCUT2D eigenvalue weighted by atomic mass is 10.1. The minimum Gasteiger partial charge on any atom is -0.378 e. The summed E-state index contributed by atoms with van der Waals surface area (Å²) in [6.07, 6.45) is 4.09. The van der Waals surface area contributed by atoms with E-state index >= 15 is 0 Å². The van der Waals surface area contributed by atoms with E-state index in [-0.39, 0.29) is 0 Å². The van der Waals surface area contributed by atoms with Crippen molar-refractivity contribution in [1.82, 2.24) is 14.9 Å². The van der Waals surface area contributed by atoms with E-state index in [9.17, 15) is 9.90 Å². The van der Waals surface area contributed by atoms with Crippen molar-refractivity contribution in [1.29, 1.82) is 0 Å². The van der Waals surface area contributed by atoms with E-state index in [0.717, 1.165) is 11.3 Å². The van der Waals surface area contributed by atoms with Crippen LogP contribution in [-0.2, 0) is 11.3 Å². The second-order valence-electron chi connectivity index (χ2n) is 5.13. The predicted octanol–water partition coefficient (Wildman–Crippen LogP) is 2.22. The number of nitrogens with zero attached hydrogens (tertiary/aromatic N) is 2. The summed E-state index contributed by atoms with van der Waals surface area (Å²) in [4.78, 5) is 16.2. The maximum atomic E-state index is 12.1. The number of amides is 1. The molecule has 0 unspecified atom stereocenters. The highest BCUT2D eigenvalue weighted by Gasteiger charge is 2.17. The van der Waals surface area contributed by atoms with Gasteiger partial charge in [0.15, 0.2) is 6.10 Å². The molecule has 0 radical (unpaired) electrons. The van der Waals surface area contributed by atoms with Crippen LogP contribution in [-0.4, -0.2) is 20.6 Å². The van der Waals surface area contributed by atoms with Gasteiger partial charge in [-0.15, -0.1) is 0 Å². The summed E-state index contributed by atoms with van der Waals surface area (Å²) in [7, 11) is 0. The third kappa shape index (κ3) is 3.46. The Morgan fingerprint density at radius 2 is 1.87 bits per heavy atom. The Morgan fingerprint density at radius 1 is 1.13 bits per heavy atom. The molecule has 0 saturated carbocycles. The molecule has 1 atom stereocenters. The number of benzene rings is 2. The number of aliphatic hydroxyl groups is 1. The average Bonchev–Trinajstić information content (AvgIpc) is 3.14. The van der Waals surface area contributed by atoms with Crippen LogP contribution >= 0.6 is 0 Å². The fourth-order valence-electron chi connectivity index (χ4n) is 2.38. The van der Waals surface area contributed by atoms with Gasteiger partial charge in [0.2, 0.25) is 0 Å². The molecule has 0 bridgehead atoms. The number of imidazole rings is 1. The summed E-state index contributed by atoms with van der Waals surface area (Å²) in [5.41, 5.74) is 2.46. The van der Waals surface area contributed by atoms with Gasteiger partial charge in [0.25, 0.3) is 5.91 Å². The smallest absolute Gasteiger partial charge is 0.253 e. The molecule has 1 aromatic heterocycles. The number of carbonyl (C=O) groups excluding carboxylic acids is 1. The van der Waals surface area contributed by atoms with Gasteiger partial charge in [-0.3, -0.25) is 4.79 Å². The van der Waals surface area contributed by atoms with Crippen molar-refractivity contribution in [3.8, 4) is 5.69 Å². The van der Waals surface area contributed by atoms with E-state index in [1.807, 2.05) is 41.1 Å². The Morgan fingerprint density at radius 3 is 2.61 bits per heavy atom. The summed E-state index contributed by atoms with van der Waals surface area (Å²) >= 11 is 0. The molecule has 5 nitrogen and oxygen atoms in total. The molecule has 5 heteroatoms. The number of para-hydroxylation sites is 1. The minimum absolute atomic E-state index is 0.330. The van der Waals surface area contributed by atoms with Crippen molar-refractivity contribution in [3.63, 3.8) is 0 Å². The fourth-order valence-corrected chi connectivity index (χ4v) is 2.38. The number of nitrogens with one attached hydrogen (secondary N) is 1. The van der Waals surface area contributed by atoms with E-state index < -0.39 is 12.0 Å². The molecule has 2 N–H and O–H groups in total. The SMILES string of the molecule is O=C(NCc1ccccc1-n1ccnc1)[C@@H](O)c1ccccc1. The van der Waals surface area contributed by atoms with Crippen LogP contribution in [0.15, 0.2) is 73.3 Å². The molecule has 23 heavy (non-hydrogen) atoms. The quantitative estimate of drug-likeness (QED) is 0.759. The lowest BCUT2D eigenvalue weighted by Gasteiger charge is -2.14. The average molecular weight is 307 g/mol. The topological polar surface area (TPSA) is 67.2 Å². The van der Waals surface area contributed by atoms with E-state index in [1.165, 1.54) is 0 Å². The lowest BCUT2D eigenvalue weighted by molar-refractivity contribution is -0.129. The lowest BCUT2D eigenvalue weighted by Crippen LogP contribution is -2.29. The van der Waals surface area contributed by atoms with Gasteiger partial charge in [-0.25, -0.2) is 4.98 Å². The van der Waals surface area contributed by atoms with Crippen LogP contribution in [0.25, 0.3) is 5.69 Å². The molecule has 116 valence electrons. The van der Waals surface area contributed by atoms with Crippen molar-refractivity contribution in [2.24, 2.45) is 0 Å². The van der Waals surface area contributed by atoms with Gasteiger partial charge in [0.1, 0.15) is 0 Å². The van der Waals surface area contributed by atoms with E-state index in [1.54, 1.807) is 36.8 Å². The maximum Gasteiger partial charge on any atom is 0.253 e. The van der Waals surface area contributed by atoms with Crippen molar-refractivity contribution in [2.75, 3.05) is 0 Å². The monoisotopic (exact) mass is 307 g/mol. The standard InChI is InChI=1S/C18H17N3O2/c22-17(14-6-2-1-3-7-14)18(23)20-12-15-8-4-5-9-16(15)21-11-10-19-13-21/h1-11,13,17,22H,12H2,(H,20,23)/t17-/m0/s1. The summed E-state index contributed by atoms with van der Waals surface area (Å²) in [6.45, 7) is 0.330. The zero-order chi connectivity index (χ0) is 16.1. The molecule has 0 aliphatic heterocycles. The van der Waals surface area contributed by atoms with Gasteiger partial charge in [0.05, 0.1) is 12.0 Å². The first-order chi connectivity index (χ1) is 11.3. The zero-order valence-electron chi connectivity index (χ0n) is 12.5. The van der Waals surface area contributed by atoms with Gasteiger partial charge in [0, 0.05) is 18.9 Å². The Kier molecular flexibility index (Phi) is 4.49. The number of rotatable bonds is 5. The van der Waals surface area contributed by atoms with Crippen LogP contribution in [0, 0.1) is 0 Å². The second-order valence-corrected chi connectivity index (χ2v) is 5.13. The summed E-state index contributed by atoms with van der Waals surface area (Å²) in [5, 5.41) is 12.9. The first-order valence-electron chi connectivity index (χ1n) is 7.32. The van der Waals surface area contributed by atoms with Crippen molar-refractivity contribution in [3.05, 3.63) is 84.4 Å². The Balaban J connectivity index is 1.71. The summed E-state index contributed by atoms with van der Waals surface area (Å²) < 4.78 is 1.88. The Hall–Kier alpha value is -2.92. The molecule has 0 aliphatic rings. The number of hydrogen-bond donors (Lipinski definition) is 2. The van der Waals surface area contributed by atoms with Gasteiger partial charge in [-0.05, 0) is 17.2 Å². The highest BCUT2D eigenvalue weighted by molar-refractivity contribution is 5.81. The predicted molar refractivity (Wildman–Crippen MR) is 86.8 cm³/mol. The van der Waals surface area contributed by atoms with Crippen LogP contribution in [0.2, 0.25) is 0 Å². The molecule has 0 spiro atoms. The van der Waals surface area contributed by atoms with Gasteiger partial charge in [-0.1, -0.05) is 48.5 Å². The van der Waals surface area contributed by atoms with Crippen LogP contribution in [0.5, 0.6) is 0 Å². The van der Waals surface area contributed by atoms with Crippen LogP contribution in [0.4, 0.5) is 0 Å². The van der Waals surface area contributed by atoms with Gasteiger partial charge in [-0.2, -0.15) is 0 Å². The Labute approximate surface area is 134 Å². The minimum atomic E-state index is -1.17. The number of aromatic nitrogens is 2. The zero-order valence-corrected chi connectivity index (χ0v) is 12.5. The molecule has 0 aliphatic carbocycles. The Bertz CT molecular complexity index is 770. The van der Waals surface area contributed by atoms with Gasteiger partial charge < -0.3 is 15.0 Å². The first kappa shape index (κ1) is 15.0. The molecular formula is C18H17N3O2. The fraction of sp³-hybridized carbons (Fsp3) is 0.111. The molecule has 3 rings (SSSR count). The molecule has 2 aromatic carbocycles. The summed E-state index contributed by atoms with van der Waals surface area (Å²) in [5.74, 6) is -0.420.